The molecule has 3 rings (SSSR count). The van der Waals surface area contributed by atoms with Gasteiger partial charge in [-0.3, -0.25) is 4.79 Å². The molecule has 0 amide bonds. The summed E-state index contributed by atoms with van der Waals surface area (Å²) in [7, 11) is 0. The van der Waals surface area contributed by atoms with E-state index < -0.39 is 0 Å². The lowest BCUT2D eigenvalue weighted by Gasteiger charge is -2.04. The normalized spacial score (nSPS) is 10.9. The van der Waals surface area contributed by atoms with Gasteiger partial charge >= 0.3 is 0 Å². The number of hydrogen-bond acceptors (Lipinski definition) is 5. The number of carbonyl (C=O) groups is 1. The first-order valence-electron chi connectivity index (χ1n) is 8.30. The van der Waals surface area contributed by atoms with Gasteiger partial charge in [-0.25, -0.2) is 0 Å². The fraction of sp³-hybridized carbons (Fsp3) is 0.250. The lowest BCUT2D eigenvalue weighted by Crippen LogP contribution is -2.00. The highest BCUT2D eigenvalue weighted by molar-refractivity contribution is 5.94. The molecule has 0 aliphatic heterocycles. The van der Waals surface area contributed by atoms with Crippen molar-refractivity contribution in [2.24, 2.45) is 0 Å². The number of anilines is 1. The number of rotatable bonds is 6. The molecule has 0 aliphatic carbocycles. The van der Waals surface area contributed by atoms with Crippen LogP contribution >= 0.6 is 0 Å². The Morgan fingerprint density at radius 3 is 2.36 bits per heavy atom. The van der Waals surface area contributed by atoms with Gasteiger partial charge in [-0.15, -0.1) is 0 Å². The van der Waals surface area contributed by atoms with Crippen molar-refractivity contribution in [2.45, 2.75) is 33.2 Å². The summed E-state index contributed by atoms with van der Waals surface area (Å²) in [6.45, 7) is 6.30. The van der Waals surface area contributed by atoms with Gasteiger partial charge in [0.25, 0.3) is 0 Å². The Bertz CT molecular complexity index is 849. The lowest BCUT2D eigenvalue weighted by molar-refractivity contribution is 0.101. The first-order chi connectivity index (χ1) is 12.0. The second kappa shape index (κ2) is 7.30. The zero-order chi connectivity index (χ0) is 17.8. The third-order valence-electron chi connectivity index (χ3n) is 4.04. The molecule has 0 fully saturated rings. The number of benzene rings is 2. The van der Waals surface area contributed by atoms with Gasteiger partial charge in [-0.2, -0.15) is 4.98 Å². The van der Waals surface area contributed by atoms with E-state index in [1.807, 2.05) is 24.3 Å². The summed E-state index contributed by atoms with van der Waals surface area (Å²) in [6, 6.07) is 15.5. The summed E-state index contributed by atoms with van der Waals surface area (Å²) in [5, 5.41) is 7.25. The van der Waals surface area contributed by atoms with Crippen molar-refractivity contribution in [3.63, 3.8) is 0 Å². The fourth-order valence-electron chi connectivity index (χ4n) is 2.46. The van der Waals surface area contributed by atoms with E-state index in [-0.39, 0.29) is 5.78 Å². The Morgan fingerprint density at radius 2 is 1.76 bits per heavy atom. The van der Waals surface area contributed by atoms with Crippen molar-refractivity contribution in [3.8, 4) is 11.4 Å². The van der Waals surface area contributed by atoms with Gasteiger partial charge in [0.2, 0.25) is 11.7 Å². The molecule has 5 heteroatoms. The molecule has 0 unspecified atom stereocenters. The topological polar surface area (TPSA) is 68.0 Å². The molecule has 25 heavy (non-hydrogen) atoms. The molecule has 0 spiro atoms. The minimum Gasteiger partial charge on any atom is -0.376 e. The van der Waals surface area contributed by atoms with Crippen LogP contribution in [0.5, 0.6) is 0 Å². The second-order valence-electron chi connectivity index (χ2n) is 6.28. The van der Waals surface area contributed by atoms with E-state index in [0.717, 1.165) is 11.3 Å². The summed E-state index contributed by atoms with van der Waals surface area (Å²) in [6.07, 6.45) is 0. The van der Waals surface area contributed by atoms with Gasteiger partial charge in [0.05, 0.1) is 6.54 Å². The molecular formula is C20H21N3O2. The SMILES string of the molecule is CC(=O)c1ccc(NCc2nc(-c3ccc(C(C)C)cc3)no2)cc1. The number of hydrogen-bond donors (Lipinski definition) is 1. The van der Waals surface area contributed by atoms with Crippen LogP contribution in [0.25, 0.3) is 11.4 Å². The summed E-state index contributed by atoms with van der Waals surface area (Å²) < 4.78 is 5.30. The van der Waals surface area contributed by atoms with E-state index >= 15 is 0 Å². The monoisotopic (exact) mass is 335 g/mol. The van der Waals surface area contributed by atoms with Gasteiger partial charge in [0.15, 0.2) is 5.78 Å². The van der Waals surface area contributed by atoms with E-state index in [4.69, 9.17) is 4.52 Å². The Labute approximate surface area is 147 Å². The second-order valence-corrected chi connectivity index (χ2v) is 6.28. The number of ketones is 1. The van der Waals surface area contributed by atoms with Gasteiger partial charge in [0.1, 0.15) is 0 Å². The maximum absolute atomic E-state index is 11.3. The first-order valence-corrected chi connectivity index (χ1v) is 8.30. The van der Waals surface area contributed by atoms with Crippen LogP contribution in [0.3, 0.4) is 0 Å². The van der Waals surface area contributed by atoms with Gasteiger partial charge in [-0.1, -0.05) is 43.3 Å². The van der Waals surface area contributed by atoms with Gasteiger partial charge < -0.3 is 9.84 Å². The summed E-state index contributed by atoms with van der Waals surface area (Å²) in [5.41, 5.74) is 3.80. The number of carbonyl (C=O) groups excluding carboxylic acids is 1. The number of Topliss-reactive ketones (excluding diaryl/α,β-unsaturated/α-hetero) is 1. The highest BCUT2D eigenvalue weighted by Crippen LogP contribution is 2.21. The highest BCUT2D eigenvalue weighted by Gasteiger charge is 2.09. The van der Waals surface area contributed by atoms with Crippen molar-refractivity contribution in [2.75, 3.05) is 5.32 Å². The highest BCUT2D eigenvalue weighted by atomic mass is 16.5. The largest absolute Gasteiger partial charge is 0.376 e. The molecule has 0 bridgehead atoms. The van der Waals surface area contributed by atoms with Crippen LogP contribution in [-0.4, -0.2) is 15.9 Å². The Hall–Kier alpha value is -2.95. The average molecular weight is 335 g/mol. The van der Waals surface area contributed by atoms with Crippen LogP contribution in [-0.2, 0) is 6.54 Å². The average Bonchev–Trinajstić information content (AvgIpc) is 3.09. The van der Waals surface area contributed by atoms with Crippen LogP contribution in [0.15, 0.2) is 53.1 Å². The summed E-state index contributed by atoms with van der Waals surface area (Å²) in [5.74, 6) is 1.64. The van der Waals surface area contributed by atoms with Crippen molar-refractivity contribution < 1.29 is 9.32 Å². The molecule has 0 aliphatic rings. The predicted octanol–water partition coefficient (Wildman–Crippen LogP) is 4.67. The molecule has 0 saturated heterocycles. The van der Waals surface area contributed by atoms with Crippen molar-refractivity contribution in [1.82, 2.24) is 10.1 Å². The van der Waals surface area contributed by atoms with E-state index in [1.54, 1.807) is 19.1 Å². The van der Waals surface area contributed by atoms with E-state index in [2.05, 4.69) is 41.4 Å². The summed E-state index contributed by atoms with van der Waals surface area (Å²) in [4.78, 5) is 15.7. The molecule has 0 radical (unpaired) electrons. The standard InChI is InChI=1S/C20H21N3O2/c1-13(2)15-4-6-17(7-5-15)20-22-19(25-23-20)12-21-18-10-8-16(9-11-18)14(3)24/h4-11,13,21H,12H2,1-3H3. The maximum Gasteiger partial charge on any atom is 0.246 e. The molecule has 1 aromatic heterocycles. The quantitative estimate of drug-likeness (QED) is 0.663. The molecule has 3 aromatic rings. The number of nitrogens with one attached hydrogen (secondary N) is 1. The van der Waals surface area contributed by atoms with Crippen LogP contribution < -0.4 is 5.32 Å². The maximum atomic E-state index is 11.3. The minimum atomic E-state index is 0.0524. The molecule has 5 nitrogen and oxygen atoms in total. The third-order valence-corrected chi connectivity index (χ3v) is 4.04. The molecule has 128 valence electrons. The number of aromatic nitrogens is 2. The molecule has 0 saturated carbocycles. The molecule has 1 heterocycles. The molecule has 2 aromatic carbocycles. The van der Waals surface area contributed by atoms with E-state index in [0.29, 0.717) is 29.7 Å². The van der Waals surface area contributed by atoms with Crippen LogP contribution in [0.1, 0.15) is 48.5 Å². The Balaban J connectivity index is 1.64. The van der Waals surface area contributed by atoms with E-state index in [1.165, 1.54) is 5.56 Å². The first kappa shape index (κ1) is 16.9. The fourth-order valence-corrected chi connectivity index (χ4v) is 2.46. The number of nitrogens with zero attached hydrogens (tertiary/aromatic N) is 2. The van der Waals surface area contributed by atoms with Crippen LogP contribution in [0, 0.1) is 0 Å². The van der Waals surface area contributed by atoms with Gasteiger partial charge in [-0.05, 0) is 42.7 Å². The zero-order valence-electron chi connectivity index (χ0n) is 14.6. The van der Waals surface area contributed by atoms with E-state index in [9.17, 15) is 4.79 Å². The van der Waals surface area contributed by atoms with Crippen molar-refractivity contribution >= 4 is 11.5 Å². The molecule has 1 N–H and O–H groups in total. The van der Waals surface area contributed by atoms with Gasteiger partial charge in [0, 0.05) is 16.8 Å². The zero-order valence-corrected chi connectivity index (χ0v) is 14.6. The minimum absolute atomic E-state index is 0.0524. The van der Waals surface area contributed by atoms with Crippen LogP contribution in [0.4, 0.5) is 5.69 Å². The van der Waals surface area contributed by atoms with Crippen LogP contribution in [0.2, 0.25) is 0 Å². The Kier molecular flexibility index (Phi) is 4.93. The third kappa shape index (κ3) is 4.12. The predicted molar refractivity (Wildman–Crippen MR) is 97.6 cm³/mol. The smallest absolute Gasteiger partial charge is 0.246 e. The summed E-state index contributed by atoms with van der Waals surface area (Å²) >= 11 is 0. The lowest BCUT2D eigenvalue weighted by atomic mass is 10.0. The molecular weight excluding hydrogens is 314 g/mol. The van der Waals surface area contributed by atoms with Crippen molar-refractivity contribution in [3.05, 3.63) is 65.5 Å². The van der Waals surface area contributed by atoms with Crippen molar-refractivity contribution in [1.29, 1.82) is 0 Å². The molecule has 0 atom stereocenters. The Morgan fingerprint density at radius 1 is 1.08 bits per heavy atom.